The quantitative estimate of drug-likeness (QED) is 0.473. The molecule has 1 aliphatic rings. The Morgan fingerprint density at radius 2 is 1.50 bits per heavy atom. The van der Waals surface area contributed by atoms with E-state index < -0.39 is 37.8 Å². The zero-order valence-corrected chi connectivity index (χ0v) is 15.0. The predicted molar refractivity (Wildman–Crippen MR) is 97.5 cm³/mol. The molecule has 26 heavy (non-hydrogen) atoms. The monoisotopic (exact) mass is 362 g/mol. The van der Waals surface area contributed by atoms with E-state index in [0.29, 0.717) is 16.7 Å². The molecule has 2 unspecified atom stereocenters. The lowest BCUT2D eigenvalue weighted by atomic mass is 9.65. The minimum absolute atomic E-state index is 0.157. The Labute approximate surface area is 152 Å². The molecule has 0 bridgehead atoms. The number of hydrogen-bond acceptors (Lipinski definition) is 6. The summed E-state index contributed by atoms with van der Waals surface area (Å²) in [5.74, 6) is -0.722. The fourth-order valence-corrected chi connectivity index (χ4v) is 3.54. The highest BCUT2D eigenvalue weighted by Crippen LogP contribution is 2.47. The van der Waals surface area contributed by atoms with Crippen LogP contribution in [0.2, 0.25) is 0 Å². The summed E-state index contributed by atoms with van der Waals surface area (Å²) in [5, 5.41) is 59.1. The molecule has 142 valence electrons. The Bertz CT molecular complexity index is 752. The number of aromatic hydroxyl groups is 1. The topological polar surface area (TPSA) is 121 Å². The van der Waals surface area contributed by atoms with Gasteiger partial charge < -0.3 is 30.6 Å². The van der Waals surface area contributed by atoms with Crippen LogP contribution in [0.5, 0.6) is 5.75 Å². The van der Waals surface area contributed by atoms with Gasteiger partial charge in [-0.05, 0) is 35.3 Å². The largest absolute Gasteiger partial charge is 0.508 e. The first-order valence-electron chi connectivity index (χ1n) is 8.37. The first kappa shape index (κ1) is 20.2. The van der Waals surface area contributed by atoms with E-state index in [0.717, 1.165) is 0 Å². The molecule has 2 atom stereocenters. The first-order chi connectivity index (χ1) is 12.3. The smallest absolute Gasteiger partial charge is 0.126 e. The Hall–Kier alpha value is -2.12. The van der Waals surface area contributed by atoms with Crippen molar-refractivity contribution in [2.45, 2.75) is 32.5 Å². The summed E-state index contributed by atoms with van der Waals surface area (Å²) in [6, 6.07) is 3.25. The number of aliphatic hydroxyl groups is 5. The van der Waals surface area contributed by atoms with Crippen LogP contribution < -0.4 is 0 Å². The molecule has 0 fully saturated rings. The standard InChI is InChI=1S/C20H26O6/c1-11-4-13(7-21)19(26)17(10-24)12(2)20(11,3)16-5-14(8-22)18(25)15(6-16)9-23/h4-6,12,21-26H,1,7-10H2,2-3H3. The van der Waals surface area contributed by atoms with Crippen molar-refractivity contribution in [2.24, 2.45) is 5.92 Å². The third-order valence-corrected chi connectivity index (χ3v) is 5.56. The lowest BCUT2D eigenvalue weighted by molar-refractivity contribution is 0.260. The fraction of sp³-hybridized carbons (Fsp3) is 0.400. The van der Waals surface area contributed by atoms with Gasteiger partial charge in [-0.2, -0.15) is 0 Å². The minimum atomic E-state index is -0.815. The van der Waals surface area contributed by atoms with Crippen LogP contribution in [-0.4, -0.2) is 43.9 Å². The first-order valence-corrected chi connectivity index (χ1v) is 8.37. The van der Waals surface area contributed by atoms with Gasteiger partial charge in [-0.3, -0.25) is 0 Å². The Morgan fingerprint density at radius 3 is 1.92 bits per heavy atom. The van der Waals surface area contributed by atoms with Crippen LogP contribution in [-0.2, 0) is 18.6 Å². The zero-order chi connectivity index (χ0) is 19.6. The van der Waals surface area contributed by atoms with Crippen molar-refractivity contribution in [3.63, 3.8) is 0 Å². The van der Waals surface area contributed by atoms with Crippen molar-refractivity contribution in [1.82, 2.24) is 0 Å². The normalized spacial score (nSPS) is 23.8. The summed E-state index contributed by atoms with van der Waals surface area (Å²) < 4.78 is 0. The molecule has 1 aromatic rings. The molecule has 0 aliphatic heterocycles. The number of allylic oxidation sites excluding steroid dienone is 2. The van der Waals surface area contributed by atoms with E-state index in [1.54, 1.807) is 18.2 Å². The highest BCUT2D eigenvalue weighted by Gasteiger charge is 2.41. The average molecular weight is 362 g/mol. The SMILES string of the molecule is C=C1C=C(CO)C(O)=C(CO)C(C)C1(C)c1cc(CO)c(O)c(CO)c1. The van der Waals surface area contributed by atoms with E-state index in [2.05, 4.69) is 6.58 Å². The second-order valence-corrected chi connectivity index (χ2v) is 6.77. The molecule has 0 aromatic heterocycles. The summed E-state index contributed by atoms with van der Waals surface area (Å²) in [4.78, 5) is 0. The fourth-order valence-electron chi connectivity index (χ4n) is 3.54. The summed E-state index contributed by atoms with van der Waals surface area (Å²) in [7, 11) is 0. The molecule has 1 aromatic carbocycles. The zero-order valence-electron chi connectivity index (χ0n) is 15.0. The van der Waals surface area contributed by atoms with Gasteiger partial charge in [-0.15, -0.1) is 0 Å². The van der Waals surface area contributed by atoms with Crippen molar-refractivity contribution in [3.8, 4) is 5.75 Å². The van der Waals surface area contributed by atoms with Crippen LogP contribution in [0.3, 0.4) is 0 Å². The molecule has 0 radical (unpaired) electrons. The molecule has 6 heteroatoms. The maximum atomic E-state index is 10.5. The van der Waals surface area contributed by atoms with Crippen LogP contribution in [0.25, 0.3) is 0 Å². The molecular formula is C20H26O6. The van der Waals surface area contributed by atoms with Gasteiger partial charge in [0.1, 0.15) is 11.5 Å². The maximum absolute atomic E-state index is 10.5. The minimum Gasteiger partial charge on any atom is -0.508 e. The van der Waals surface area contributed by atoms with E-state index in [4.69, 9.17) is 0 Å². The summed E-state index contributed by atoms with van der Waals surface area (Å²) in [5.41, 5.74) is 1.58. The summed E-state index contributed by atoms with van der Waals surface area (Å²) in [6.45, 7) is 6.17. The summed E-state index contributed by atoms with van der Waals surface area (Å²) in [6.07, 6.45) is 1.58. The van der Waals surface area contributed by atoms with Gasteiger partial charge in [0.2, 0.25) is 0 Å². The van der Waals surface area contributed by atoms with Gasteiger partial charge in [-0.25, -0.2) is 0 Å². The number of benzene rings is 1. The van der Waals surface area contributed by atoms with Crippen molar-refractivity contribution in [2.75, 3.05) is 13.2 Å². The Kier molecular flexibility index (Phi) is 5.93. The third kappa shape index (κ3) is 3.05. The van der Waals surface area contributed by atoms with Crippen molar-refractivity contribution < 1.29 is 30.6 Å². The predicted octanol–water partition coefficient (Wildman–Crippen LogP) is 1.56. The highest BCUT2D eigenvalue weighted by atomic mass is 16.3. The lowest BCUT2D eigenvalue weighted by Gasteiger charge is -2.38. The Morgan fingerprint density at radius 1 is 0.962 bits per heavy atom. The van der Waals surface area contributed by atoms with Crippen LogP contribution in [0, 0.1) is 5.92 Å². The van der Waals surface area contributed by atoms with E-state index in [1.807, 2.05) is 13.8 Å². The van der Waals surface area contributed by atoms with Crippen LogP contribution in [0.15, 0.2) is 47.3 Å². The van der Waals surface area contributed by atoms with Crippen molar-refractivity contribution >= 4 is 0 Å². The van der Waals surface area contributed by atoms with Crippen LogP contribution >= 0.6 is 0 Å². The molecule has 6 N–H and O–H groups in total. The molecule has 0 saturated carbocycles. The number of rotatable bonds is 5. The Balaban J connectivity index is 2.78. The van der Waals surface area contributed by atoms with E-state index in [1.165, 1.54) is 0 Å². The molecule has 0 spiro atoms. The molecule has 1 aliphatic carbocycles. The van der Waals surface area contributed by atoms with Gasteiger partial charge in [-0.1, -0.05) is 20.4 Å². The summed E-state index contributed by atoms with van der Waals surface area (Å²) >= 11 is 0. The van der Waals surface area contributed by atoms with Gasteiger partial charge in [0, 0.05) is 27.7 Å². The third-order valence-electron chi connectivity index (χ3n) is 5.56. The number of hydrogen-bond donors (Lipinski definition) is 6. The van der Waals surface area contributed by atoms with Gasteiger partial charge in [0.15, 0.2) is 0 Å². The molecule has 0 amide bonds. The molecule has 2 rings (SSSR count). The van der Waals surface area contributed by atoms with E-state index >= 15 is 0 Å². The van der Waals surface area contributed by atoms with Gasteiger partial charge in [0.05, 0.1) is 26.4 Å². The molecule has 0 heterocycles. The van der Waals surface area contributed by atoms with Crippen LogP contribution in [0.4, 0.5) is 0 Å². The van der Waals surface area contributed by atoms with Gasteiger partial charge in [0.25, 0.3) is 0 Å². The molecule has 0 saturated heterocycles. The highest BCUT2D eigenvalue weighted by molar-refractivity contribution is 5.54. The lowest BCUT2D eigenvalue weighted by Crippen LogP contribution is -2.34. The second-order valence-electron chi connectivity index (χ2n) is 6.77. The number of phenols is 1. The average Bonchev–Trinajstić information content (AvgIpc) is 2.71. The van der Waals surface area contributed by atoms with E-state index in [9.17, 15) is 30.6 Å². The molecular weight excluding hydrogens is 336 g/mol. The number of aliphatic hydroxyl groups excluding tert-OH is 5. The van der Waals surface area contributed by atoms with Crippen molar-refractivity contribution in [3.05, 3.63) is 64.0 Å². The maximum Gasteiger partial charge on any atom is 0.126 e. The second kappa shape index (κ2) is 7.63. The van der Waals surface area contributed by atoms with Crippen LogP contribution in [0.1, 0.15) is 30.5 Å². The van der Waals surface area contributed by atoms with Gasteiger partial charge >= 0.3 is 0 Å². The van der Waals surface area contributed by atoms with Crippen molar-refractivity contribution in [1.29, 1.82) is 0 Å². The van der Waals surface area contributed by atoms with E-state index in [-0.39, 0.29) is 28.2 Å². The molecule has 6 nitrogen and oxygen atoms in total.